The van der Waals surface area contributed by atoms with E-state index in [0.29, 0.717) is 0 Å². The summed E-state index contributed by atoms with van der Waals surface area (Å²) in [6.07, 6.45) is 3.10. The molecule has 0 aliphatic carbocycles. The molecular formula is C17H19N. The molecule has 18 heavy (non-hydrogen) atoms. The number of H-pyrrole nitrogens is 1. The normalized spacial score (nSPS) is 9.89. The molecule has 92 valence electrons. The molecular weight excluding hydrogens is 218 g/mol. The maximum absolute atomic E-state index is 3.15. The number of hydrogen-bond donors (Lipinski definition) is 1. The molecule has 1 heterocycles. The van der Waals surface area contributed by atoms with Gasteiger partial charge in [-0.15, -0.1) is 0 Å². The van der Waals surface area contributed by atoms with Crippen molar-refractivity contribution in [1.82, 2.24) is 4.98 Å². The van der Waals surface area contributed by atoms with Gasteiger partial charge in [0.15, 0.2) is 0 Å². The Kier molecular flexibility index (Phi) is 4.19. The number of aromatic nitrogens is 1. The highest BCUT2D eigenvalue weighted by molar-refractivity contribution is 5.79. The van der Waals surface area contributed by atoms with E-state index in [1.807, 2.05) is 12.3 Å². The smallest absolute Gasteiger partial charge is 0.0454 e. The van der Waals surface area contributed by atoms with Crippen LogP contribution < -0.4 is 0 Å². The van der Waals surface area contributed by atoms with Crippen LogP contribution in [0, 0.1) is 6.92 Å². The topological polar surface area (TPSA) is 15.8 Å². The zero-order valence-corrected chi connectivity index (χ0v) is 11.0. The third kappa shape index (κ3) is 3.24. The highest BCUT2D eigenvalue weighted by Crippen LogP contribution is 2.12. The third-order valence-electron chi connectivity index (χ3n) is 2.96. The van der Waals surface area contributed by atoms with Crippen molar-refractivity contribution in [2.75, 3.05) is 0 Å². The largest absolute Gasteiger partial charge is 0.361 e. The van der Waals surface area contributed by atoms with E-state index in [1.54, 1.807) is 0 Å². The molecule has 0 atom stereocenters. The van der Waals surface area contributed by atoms with E-state index < -0.39 is 0 Å². The lowest BCUT2D eigenvalue weighted by Gasteiger charge is -1.90. The Labute approximate surface area is 108 Å². The van der Waals surface area contributed by atoms with Gasteiger partial charge in [-0.25, -0.2) is 0 Å². The number of fused-ring (bicyclic) bond motifs is 1. The van der Waals surface area contributed by atoms with E-state index in [1.165, 1.54) is 22.0 Å². The van der Waals surface area contributed by atoms with Crippen molar-refractivity contribution >= 4 is 10.9 Å². The van der Waals surface area contributed by atoms with Crippen molar-refractivity contribution < 1.29 is 0 Å². The van der Waals surface area contributed by atoms with E-state index in [-0.39, 0.29) is 0 Å². The lowest BCUT2D eigenvalue weighted by Crippen LogP contribution is -1.73. The van der Waals surface area contributed by atoms with E-state index in [4.69, 9.17) is 0 Å². The molecule has 0 saturated carbocycles. The fraction of sp³-hybridized carbons (Fsp3) is 0.176. The van der Waals surface area contributed by atoms with Crippen LogP contribution in [0.15, 0.2) is 60.8 Å². The molecule has 2 aromatic carbocycles. The minimum Gasteiger partial charge on any atom is -0.361 e. The summed E-state index contributed by atoms with van der Waals surface area (Å²) < 4.78 is 0. The molecule has 1 heteroatoms. The monoisotopic (exact) mass is 237 g/mol. The van der Waals surface area contributed by atoms with E-state index in [0.717, 1.165) is 6.42 Å². The van der Waals surface area contributed by atoms with Gasteiger partial charge in [-0.1, -0.05) is 48.9 Å². The third-order valence-corrected chi connectivity index (χ3v) is 2.96. The summed E-state index contributed by atoms with van der Waals surface area (Å²) in [6, 6.07) is 18.9. The molecule has 0 aliphatic rings. The second-order valence-corrected chi connectivity index (χ2v) is 4.41. The average Bonchev–Trinajstić information content (AvgIpc) is 2.87. The van der Waals surface area contributed by atoms with Crippen molar-refractivity contribution in [3.63, 3.8) is 0 Å². The Morgan fingerprint density at radius 3 is 2.39 bits per heavy atom. The first kappa shape index (κ1) is 12.4. The first-order valence-electron chi connectivity index (χ1n) is 6.37. The van der Waals surface area contributed by atoms with Crippen molar-refractivity contribution in [2.45, 2.75) is 20.3 Å². The van der Waals surface area contributed by atoms with Crippen LogP contribution in [0.4, 0.5) is 0 Å². The van der Waals surface area contributed by atoms with Crippen LogP contribution in [0.1, 0.15) is 18.1 Å². The quantitative estimate of drug-likeness (QED) is 0.630. The molecule has 1 N–H and O–H groups in total. The standard InChI is InChI=1S/C9H9N.C8H10/c1-7-2-3-9-8(6-7)4-5-10-9;1-2-8-6-4-3-5-7-8/h2-6,10H,1H3;3-7H,2H2,1H3. The predicted molar refractivity (Wildman–Crippen MR) is 78.9 cm³/mol. The molecule has 1 nitrogen and oxygen atoms in total. The van der Waals surface area contributed by atoms with Crippen LogP contribution in [0.3, 0.4) is 0 Å². The summed E-state index contributed by atoms with van der Waals surface area (Å²) in [5.74, 6) is 0. The molecule has 0 saturated heterocycles. The molecule has 3 rings (SSSR count). The van der Waals surface area contributed by atoms with Crippen molar-refractivity contribution in [1.29, 1.82) is 0 Å². The molecule has 0 amide bonds. The average molecular weight is 237 g/mol. The minimum absolute atomic E-state index is 1.14. The van der Waals surface area contributed by atoms with E-state index in [2.05, 4.69) is 67.4 Å². The van der Waals surface area contributed by atoms with E-state index in [9.17, 15) is 0 Å². The maximum Gasteiger partial charge on any atom is 0.0454 e. The van der Waals surface area contributed by atoms with Crippen molar-refractivity contribution in [3.05, 3.63) is 71.9 Å². The highest BCUT2D eigenvalue weighted by Gasteiger charge is 1.91. The Morgan fingerprint density at radius 1 is 0.944 bits per heavy atom. The predicted octanol–water partition coefficient (Wildman–Crippen LogP) is 4.73. The Balaban J connectivity index is 0.000000138. The van der Waals surface area contributed by atoms with Gasteiger partial charge in [0, 0.05) is 11.7 Å². The zero-order valence-electron chi connectivity index (χ0n) is 11.0. The van der Waals surface area contributed by atoms with E-state index >= 15 is 0 Å². The van der Waals surface area contributed by atoms with Crippen molar-refractivity contribution in [3.8, 4) is 0 Å². The molecule has 0 unspecified atom stereocenters. The van der Waals surface area contributed by atoms with Gasteiger partial charge in [0.2, 0.25) is 0 Å². The fourth-order valence-corrected chi connectivity index (χ4v) is 1.89. The van der Waals surface area contributed by atoms with Crippen molar-refractivity contribution in [2.24, 2.45) is 0 Å². The summed E-state index contributed by atoms with van der Waals surface area (Å²) >= 11 is 0. The number of benzene rings is 2. The highest BCUT2D eigenvalue weighted by atomic mass is 14.7. The van der Waals surface area contributed by atoms with Gasteiger partial charge in [-0.05, 0) is 42.5 Å². The summed E-state index contributed by atoms with van der Waals surface area (Å²) in [6.45, 7) is 4.27. The minimum atomic E-state index is 1.14. The summed E-state index contributed by atoms with van der Waals surface area (Å²) in [7, 11) is 0. The second-order valence-electron chi connectivity index (χ2n) is 4.41. The van der Waals surface area contributed by atoms with Crippen LogP contribution in [0.5, 0.6) is 0 Å². The summed E-state index contributed by atoms with van der Waals surface area (Å²) in [5.41, 5.74) is 3.94. The molecule has 0 fully saturated rings. The van der Waals surface area contributed by atoms with Gasteiger partial charge in [0.1, 0.15) is 0 Å². The van der Waals surface area contributed by atoms with Crippen LogP contribution in [0.25, 0.3) is 10.9 Å². The summed E-state index contributed by atoms with van der Waals surface area (Å²) in [5, 5.41) is 1.29. The number of hydrogen-bond acceptors (Lipinski definition) is 0. The lowest BCUT2D eigenvalue weighted by molar-refractivity contribution is 1.14. The molecule has 3 aromatic rings. The Bertz CT molecular complexity index is 593. The molecule has 0 bridgehead atoms. The summed E-state index contributed by atoms with van der Waals surface area (Å²) in [4.78, 5) is 3.15. The number of nitrogens with one attached hydrogen (secondary N) is 1. The fourth-order valence-electron chi connectivity index (χ4n) is 1.89. The van der Waals surface area contributed by atoms with Gasteiger partial charge < -0.3 is 4.98 Å². The zero-order chi connectivity index (χ0) is 12.8. The molecule has 1 aromatic heterocycles. The number of rotatable bonds is 1. The molecule has 0 spiro atoms. The van der Waals surface area contributed by atoms with Crippen LogP contribution in [-0.4, -0.2) is 4.98 Å². The van der Waals surface area contributed by atoms with Crippen LogP contribution >= 0.6 is 0 Å². The number of aromatic amines is 1. The van der Waals surface area contributed by atoms with Gasteiger partial charge in [0.25, 0.3) is 0 Å². The Morgan fingerprint density at radius 2 is 1.72 bits per heavy atom. The maximum atomic E-state index is 3.15. The second kappa shape index (κ2) is 6.06. The van der Waals surface area contributed by atoms with Crippen LogP contribution in [-0.2, 0) is 6.42 Å². The number of aryl methyl sites for hydroxylation is 2. The van der Waals surface area contributed by atoms with Gasteiger partial charge in [0.05, 0.1) is 0 Å². The van der Waals surface area contributed by atoms with Gasteiger partial charge in [-0.2, -0.15) is 0 Å². The molecule has 0 radical (unpaired) electrons. The first-order valence-corrected chi connectivity index (χ1v) is 6.37. The van der Waals surface area contributed by atoms with Crippen LogP contribution in [0.2, 0.25) is 0 Å². The molecule has 0 aliphatic heterocycles. The SMILES string of the molecule is CCc1ccccc1.Cc1ccc2[nH]ccc2c1. The lowest BCUT2D eigenvalue weighted by atomic mass is 10.2. The van der Waals surface area contributed by atoms with Gasteiger partial charge >= 0.3 is 0 Å². The first-order chi connectivity index (χ1) is 8.79. The Hall–Kier alpha value is -2.02. The van der Waals surface area contributed by atoms with Gasteiger partial charge in [-0.3, -0.25) is 0 Å².